The normalized spacial score (nSPS) is 17.5. The van der Waals surface area contributed by atoms with Crippen molar-refractivity contribution in [2.75, 3.05) is 23.3 Å². The van der Waals surface area contributed by atoms with Gasteiger partial charge in [0.2, 0.25) is 5.91 Å². The Kier molecular flexibility index (Phi) is 5.26. The quantitative estimate of drug-likeness (QED) is 0.906. The van der Waals surface area contributed by atoms with E-state index in [-0.39, 0.29) is 11.9 Å². The molecule has 1 fully saturated rings. The van der Waals surface area contributed by atoms with Crippen molar-refractivity contribution in [3.05, 3.63) is 60.2 Å². The van der Waals surface area contributed by atoms with Gasteiger partial charge in [-0.3, -0.25) is 4.79 Å². The third kappa shape index (κ3) is 3.72. The van der Waals surface area contributed by atoms with Gasteiger partial charge in [-0.25, -0.2) is 4.79 Å². The number of urea groups is 1. The molecule has 0 aromatic heterocycles. The summed E-state index contributed by atoms with van der Waals surface area (Å²) in [6.07, 6.45) is 0. The molecule has 136 valence electrons. The molecule has 0 unspecified atom stereocenters. The lowest BCUT2D eigenvalue weighted by Gasteiger charge is -2.39. The molecule has 1 heterocycles. The summed E-state index contributed by atoms with van der Waals surface area (Å²) < 4.78 is 0. The van der Waals surface area contributed by atoms with Crippen molar-refractivity contribution >= 4 is 23.3 Å². The maximum Gasteiger partial charge on any atom is 0.322 e. The third-order valence-corrected chi connectivity index (χ3v) is 4.81. The average molecular weight is 351 g/mol. The Morgan fingerprint density at radius 3 is 2.31 bits per heavy atom. The summed E-state index contributed by atoms with van der Waals surface area (Å²) in [4.78, 5) is 28.7. The van der Waals surface area contributed by atoms with Crippen LogP contribution in [0.5, 0.6) is 0 Å². The van der Waals surface area contributed by atoms with E-state index in [0.29, 0.717) is 19.0 Å². The van der Waals surface area contributed by atoms with E-state index < -0.39 is 6.04 Å². The molecule has 1 N–H and O–H groups in total. The third-order valence-electron chi connectivity index (χ3n) is 4.81. The second kappa shape index (κ2) is 7.60. The Hall–Kier alpha value is -2.82. The number of anilines is 2. The molecule has 2 aromatic carbocycles. The number of rotatable bonds is 3. The molecule has 0 bridgehead atoms. The van der Waals surface area contributed by atoms with Crippen molar-refractivity contribution in [2.24, 2.45) is 0 Å². The highest BCUT2D eigenvalue weighted by Gasteiger charge is 2.35. The summed E-state index contributed by atoms with van der Waals surface area (Å²) in [5.41, 5.74) is 2.85. The molecule has 2 aromatic rings. The number of hydrogen-bond donors (Lipinski definition) is 1. The van der Waals surface area contributed by atoms with Crippen molar-refractivity contribution in [2.45, 2.75) is 32.7 Å². The lowest BCUT2D eigenvalue weighted by atomic mass is 10.0. The molecule has 1 saturated heterocycles. The van der Waals surface area contributed by atoms with Crippen LogP contribution in [0.4, 0.5) is 16.2 Å². The van der Waals surface area contributed by atoms with Crippen LogP contribution in [0.15, 0.2) is 54.6 Å². The van der Waals surface area contributed by atoms with E-state index in [1.54, 1.807) is 16.7 Å². The van der Waals surface area contributed by atoms with Gasteiger partial charge in [0.25, 0.3) is 0 Å². The molecule has 26 heavy (non-hydrogen) atoms. The van der Waals surface area contributed by atoms with Gasteiger partial charge in [0.1, 0.15) is 6.04 Å². The molecule has 5 heteroatoms. The summed E-state index contributed by atoms with van der Waals surface area (Å²) in [6.45, 7) is 7.06. The Labute approximate surface area is 154 Å². The summed E-state index contributed by atoms with van der Waals surface area (Å²) in [5, 5.41) is 2.85. The first kappa shape index (κ1) is 18.0. The zero-order chi connectivity index (χ0) is 18.7. The number of para-hydroxylation sites is 1. The van der Waals surface area contributed by atoms with Gasteiger partial charge in [-0.05, 0) is 42.7 Å². The standard InChI is InChI=1S/C21H25N3O2/c1-15(2)17-9-11-19(12-10-17)24-14-13-23(16(3)20(24)25)21(26)22-18-7-5-4-6-8-18/h4-12,15-16H,13-14H2,1-3H3,(H,22,26)/t16-/m1/s1. The molecule has 5 nitrogen and oxygen atoms in total. The summed E-state index contributed by atoms with van der Waals surface area (Å²) in [5.74, 6) is 0.397. The highest BCUT2D eigenvalue weighted by Crippen LogP contribution is 2.24. The van der Waals surface area contributed by atoms with E-state index in [4.69, 9.17) is 0 Å². The van der Waals surface area contributed by atoms with Crippen LogP contribution in [0.2, 0.25) is 0 Å². The van der Waals surface area contributed by atoms with E-state index in [1.807, 2.05) is 42.5 Å². The van der Waals surface area contributed by atoms with Crippen LogP contribution in [0.25, 0.3) is 0 Å². The lowest BCUT2D eigenvalue weighted by molar-refractivity contribution is -0.123. The van der Waals surface area contributed by atoms with E-state index in [9.17, 15) is 9.59 Å². The van der Waals surface area contributed by atoms with Gasteiger partial charge < -0.3 is 15.1 Å². The molecule has 1 aliphatic rings. The van der Waals surface area contributed by atoms with E-state index >= 15 is 0 Å². The fraction of sp³-hybridized carbons (Fsp3) is 0.333. The number of carbonyl (C=O) groups is 2. The Bertz CT molecular complexity index is 772. The number of amides is 3. The molecule has 0 saturated carbocycles. The van der Waals surface area contributed by atoms with Crippen LogP contribution >= 0.6 is 0 Å². The second-order valence-electron chi connectivity index (χ2n) is 6.90. The Morgan fingerprint density at radius 2 is 1.69 bits per heavy atom. The first-order valence-electron chi connectivity index (χ1n) is 9.01. The number of carbonyl (C=O) groups excluding carboxylic acids is 2. The summed E-state index contributed by atoms with van der Waals surface area (Å²) in [6, 6.07) is 16.6. The molecule has 1 atom stereocenters. The number of nitrogens with one attached hydrogen (secondary N) is 1. The molecule has 3 rings (SSSR count). The Balaban J connectivity index is 1.69. The van der Waals surface area contributed by atoms with Crippen molar-refractivity contribution < 1.29 is 9.59 Å². The zero-order valence-corrected chi connectivity index (χ0v) is 15.5. The number of nitrogens with zero attached hydrogens (tertiary/aromatic N) is 2. The summed E-state index contributed by atoms with van der Waals surface area (Å²) in [7, 11) is 0. The molecule has 0 aliphatic carbocycles. The van der Waals surface area contributed by atoms with Crippen LogP contribution in [0.3, 0.4) is 0 Å². The van der Waals surface area contributed by atoms with Crippen LogP contribution in [0, 0.1) is 0 Å². The molecular weight excluding hydrogens is 326 g/mol. The topological polar surface area (TPSA) is 52.6 Å². The fourth-order valence-electron chi connectivity index (χ4n) is 3.16. The van der Waals surface area contributed by atoms with Crippen molar-refractivity contribution in [1.82, 2.24) is 4.90 Å². The zero-order valence-electron chi connectivity index (χ0n) is 15.5. The monoisotopic (exact) mass is 351 g/mol. The first-order valence-corrected chi connectivity index (χ1v) is 9.01. The van der Waals surface area contributed by atoms with Crippen molar-refractivity contribution in [3.8, 4) is 0 Å². The van der Waals surface area contributed by atoms with Crippen molar-refractivity contribution in [1.29, 1.82) is 0 Å². The predicted octanol–water partition coefficient (Wildman–Crippen LogP) is 4.08. The molecule has 0 spiro atoms. The number of benzene rings is 2. The second-order valence-corrected chi connectivity index (χ2v) is 6.90. The predicted molar refractivity (Wildman–Crippen MR) is 105 cm³/mol. The largest absolute Gasteiger partial charge is 0.322 e. The van der Waals surface area contributed by atoms with Gasteiger partial charge in [-0.1, -0.05) is 44.2 Å². The SMILES string of the molecule is CC(C)c1ccc(N2CCN(C(=O)Nc3ccccc3)[C@H](C)C2=O)cc1. The van der Waals surface area contributed by atoms with Gasteiger partial charge in [0, 0.05) is 24.5 Å². The van der Waals surface area contributed by atoms with Gasteiger partial charge in [-0.15, -0.1) is 0 Å². The summed E-state index contributed by atoms with van der Waals surface area (Å²) >= 11 is 0. The van der Waals surface area contributed by atoms with E-state index in [2.05, 4.69) is 31.3 Å². The van der Waals surface area contributed by atoms with Crippen LogP contribution < -0.4 is 10.2 Å². The Morgan fingerprint density at radius 1 is 1.04 bits per heavy atom. The van der Waals surface area contributed by atoms with Crippen LogP contribution in [-0.4, -0.2) is 36.0 Å². The minimum Gasteiger partial charge on any atom is -0.311 e. The minimum atomic E-state index is -0.503. The van der Waals surface area contributed by atoms with Gasteiger partial charge in [0.15, 0.2) is 0 Å². The molecule has 0 radical (unpaired) electrons. The molecular formula is C21H25N3O2. The van der Waals surface area contributed by atoms with E-state index in [1.165, 1.54) is 5.56 Å². The highest BCUT2D eigenvalue weighted by molar-refractivity contribution is 6.01. The maximum absolute atomic E-state index is 12.8. The van der Waals surface area contributed by atoms with E-state index in [0.717, 1.165) is 11.4 Å². The van der Waals surface area contributed by atoms with Crippen molar-refractivity contribution in [3.63, 3.8) is 0 Å². The molecule has 3 amide bonds. The van der Waals surface area contributed by atoms with Gasteiger partial charge in [0.05, 0.1) is 0 Å². The molecule has 1 aliphatic heterocycles. The smallest absolute Gasteiger partial charge is 0.311 e. The van der Waals surface area contributed by atoms with Gasteiger partial charge in [-0.2, -0.15) is 0 Å². The van der Waals surface area contributed by atoms with Crippen LogP contribution in [-0.2, 0) is 4.79 Å². The minimum absolute atomic E-state index is 0.0586. The fourth-order valence-corrected chi connectivity index (χ4v) is 3.16. The first-order chi connectivity index (χ1) is 12.5. The number of piperazine rings is 1. The highest BCUT2D eigenvalue weighted by atomic mass is 16.2. The number of hydrogen-bond acceptors (Lipinski definition) is 2. The lowest BCUT2D eigenvalue weighted by Crippen LogP contribution is -2.58. The van der Waals surface area contributed by atoms with Gasteiger partial charge >= 0.3 is 6.03 Å². The maximum atomic E-state index is 12.8. The average Bonchev–Trinajstić information content (AvgIpc) is 2.64. The van der Waals surface area contributed by atoms with Crippen LogP contribution in [0.1, 0.15) is 32.3 Å².